The van der Waals surface area contributed by atoms with Crippen LogP contribution >= 0.6 is 11.6 Å². The van der Waals surface area contributed by atoms with Crippen molar-refractivity contribution in [3.63, 3.8) is 0 Å². The summed E-state index contributed by atoms with van der Waals surface area (Å²) in [4.78, 5) is 11.4. The van der Waals surface area contributed by atoms with Crippen LogP contribution < -0.4 is 0 Å². The normalized spacial score (nSPS) is 26.1. The molecule has 0 aromatic heterocycles. The van der Waals surface area contributed by atoms with E-state index in [1.807, 2.05) is 6.92 Å². The van der Waals surface area contributed by atoms with Gasteiger partial charge in [-0.1, -0.05) is 17.7 Å². The van der Waals surface area contributed by atoms with Gasteiger partial charge in [0.05, 0.1) is 16.4 Å². The Morgan fingerprint density at radius 3 is 2.55 bits per heavy atom. The van der Waals surface area contributed by atoms with Crippen molar-refractivity contribution in [2.24, 2.45) is 0 Å². The Balaban J connectivity index is 2.40. The number of nitrogens with zero attached hydrogens (tertiary/aromatic N) is 1. The van der Waals surface area contributed by atoms with Crippen LogP contribution in [0.5, 0.6) is 0 Å². The van der Waals surface area contributed by atoms with Gasteiger partial charge in [-0.15, -0.1) is 11.6 Å². The van der Waals surface area contributed by atoms with Crippen molar-refractivity contribution in [1.82, 2.24) is 4.31 Å². The number of benzene rings is 1. The van der Waals surface area contributed by atoms with E-state index in [1.54, 1.807) is 26.0 Å². The van der Waals surface area contributed by atoms with Crippen molar-refractivity contribution in [3.05, 3.63) is 29.8 Å². The lowest BCUT2D eigenvalue weighted by Gasteiger charge is -2.28. The second-order valence-corrected chi connectivity index (χ2v) is 8.37. The maximum Gasteiger partial charge on any atom is 0.326 e. The summed E-state index contributed by atoms with van der Waals surface area (Å²) in [6.07, 6.45) is 0.392. The molecule has 1 aliphatic heterocycles. The molecule has 0 aliphatic carbocycles. The molecular weight excluding hydrogens is 326 g/mol. The van der Waals surface area contributed by atoms with Crippen LogP contribution in [0.3, 0.4) is 0 Å². The molecule has 1 aromatic carbocycles. The Hall–Kier alpha value is -1.11. The second-order valence-electron chi connectivity index (χ2n) is 5.61. The molecule has 122 valence electrons. The first-order valence-corrected chi connectivity index (χ1v) is 8.96. The minimum absolute atomic E-state index is 0.154. The van der Waals surface area contributed by atoms with Gasteiger partial charge in [0.2, 0.25) is 10.0 Å². The number of sulfonamides is 1. The third-order valence-electron chi connectivity index (χ3n) is 3.82. The first-order chi connectivity index (χ1) is 10.2. The van der Waals surface area contributed by atoms with E-state index < -0.39 is 26.9 Å². The van der Waals surface area contributed by atoms with Crippen LogP contribution in [0.15, 0.2) is 29.2 Å². The van der Waals surface area contributed by atoms with Crippen LogP contribution in [0.4, 0.5) is 0 Å². The summed E-state index contributed by atoms with van der Waals surface area (Å²) >= 11 is 6.37. The summed E-state index contributed by atoms with van der Waals surface area (Å²) in [6, 6.07) is 5.51. The molecule has 2 unspecified atom stereocenters. The Bertz CT molecular complexity index is 655. The van der Waals surface area contributed by atoms with Crippen LogP contribution in [-0.2, 0) is 19.6 Å². The number of esters is 1. The summed E-state index contributed by atoms with van der Waals surface area (Å²) in [5, 5.41) is 0. The number of aryl methyl sites for hydroxylation is 1. The molecule has 0 bridgehead atoms. The fraction of sp³-hybridized carbons (Fsp3) is 0.533. The van der Waals surface area contributed by atoms with Gasteiger partial charge < -0.3 is 4.74 Å². The zero-order valence-electron chi connectivity index (χ0n) is 12.9. The topological polar surface area (TPSA) is 63.7 Å². The molecule has 1 aromatic rings. The smallest absolute Gasteiger partial charge is 0.326 e. The predicted octanol–water partition coefficient (Wildman–Crippen LogP) is 2.32. The number of carbonyl (C=O) groups excluding carboxylic acids is 1. The summed E-state index contributed by atoms with van der Waals surface area (Å²) in [5.41, 5.74) is 0.962. The van der Waals surface area contributed by atoms with Gasteiger partial charge in [0.1, 0.15) is 6.04 Å². The SMILES string of the molecule is CCOC(=O)C1N(S(=O)(=O)c2ccc(C)cc2)CCC1(C)Cl. The van der Waals surface area contributed by atoms with Crippen LogP contribution in [0.25, 0.3) is 0 Å². The average molecular weight is 346 g/mol. The fourth-order valence-corrected chi connectivity index (χ4v) is 4.61. The van der Waals surface area contributed by atoms with Crippen molar-refractivity contribution in [1.29, 1.82) is 0 Å². The first-order valence-electron chi connectivity index (χ1n) is 7.14. The largest absolute Gasteiger partial charge is 0.465 e. The van der Waals surface area contributed by atoms with Crippen LogP contribution in [0.2, 0.25) is 0 Å². The van der Waals surface area contributed by atoms with E-state index in [-0.39, 0.29) is 18.0 Å². The van der Waals surface area contributed by atoms with E-state index in [0.29, 0.717) is 6.42 Å². The molecule has 0 saturated carbocycles. The van der Waals surface area contributed by atoms with Gasteiger partial charge in [-0.05, 0) is 39.3 Å². The van der Waals surface area contributed by atoms with E-state index >= 15 is 0 Å². The minimum atomic E-state index is -3.79. The van der Waals surface area contributed by atoms with Gasteiger partial charge in [-0.3, -0.25) is 4.79 Å². The van der Waals surface area contributed by atoms with Gasteiger partial charge in [0, 0.05) is 6.54 Å². The van der Waals surface area contributed by atoms with E-state index in [9.17, 15) is 13.2 Å². The fourth-order valence-electron chi connectivity index (χ4n) is 2.58. The molecule has 22 heavy (non-hydrogen) atoms. The minimum Gasteiger partial charge on any atom is -0.465 e. The Kier molecular flexibility index (Phi) is 4.84. The zero-order valence-corrected chi connectivity index (χ0v) is 14.4. The molecule has 2 rings (SSSR count). The molecule has 0 spiro atoms. The third kappa shape index (κ3) is 3.14. The number of hydrogen-bond acceptors (Lipinski definition) is 4. The zero-order chi connectivity index (χ0) is 16.5. The molecule has 0 amide bonds. The van der Waals surface area contributed by atoms with Crippen molar-refractivity contribution in [3.8, 4) is 0 Å². The van der Waals surface area contributed by atoms with Crippen LogP contribution in [-0.4, -0.2) is 42.8 Å². The van der Waals surface area contributed by atoms with Gasteiger partial charge in [0.25, 0.3) is 0 Å². The highest BCUT2D eigenvalue weighted by Gasteiger charge is 2.52. The van der Waals surface area contributed by atoms with Crippen molar-refractivity contribution < 1.29 is 17.9 Å². The maximum absolute atomic E-state index is 12.8. The average Bonchev–Trinajstić information content (AvgIpc) is 2.76. The Labute approximate surface area is 136 Å². The summed E-state index contributed by atoms with van der Waals surface area (Å²) in [6.45, 7) is 5.60. The van der Waals surface area contributed by atoms with E-state index in [1.165, 1.54) is 12.1 Å². The Morgan fingerprint density at radius 1 is 1.41 bits per heavy atom. The highest BCUT2D eigenvalue weighted by molar-refractivity contribution is 7.89. The molecule has 1 heterocycles. The number of halogens is 1. The molecule has 0 N–H and O–H groups in total. The molecule has 0 radical (unpaired) electrons. The highest BCUT2D eigenvalue weighted by Crippen LogP contribution is 2.38. The molecule has 1 aliphatic rings. The second kappa shape index (κ2) is 6.18. The summed E-state index contributed by atoms with van der Waals surface area (Å²) in [7, 11) is -3.79. The summed E-state index contributed by atoms with van der Waals surface area (Å²) < 4.78 is 31.8. The predicted molar refractivity (Wildman–Crippen MR) is 84.4 cm³/mol. The number of carbonyl (C=O) groups is 1. The molecule has 5 nitrogen and oxygen atoms in total. The number of ether oxygens (including phenoxy) is 1. The van der Waals surface area contributed by atoms with Crippen molar-refractivity contribution >= 4 is 27.6 Å². The molecule has 1 saturated heterocycles. The number of hydrogen-bond donors (Lipinski definition) is 0. The molecule has 1 fully saturated rings. The maximum atomic E-state index is 12.8. The monoisotopic (exact) mass is 345 g/mol. The van der Waals surface area contributed by atoms with E-state index in [4.69, 9.17) is 16.3 Å². The summed E-state index contributed by atoms with van der Waals surface area (Å²) in [5.74, 6) is -0.604. The van der Waals surface area contributed by atoms with E-state index in [2.05, 4.69) is 0 Å². The molecule has 2 atom stereocenters. The third-order valence-corrected chi connectivity index (χ3v) is 6.09. The number of rotatable bonds is 4. The van der Waals surface area contributed by atoms with Gasteiger partial charge in [-0.2, -0.15) is 4.31 Å². The first kappa shape index (κ1) is 17.2. The van der Waals surface area contributed by atoms with Gasteiger partial charge in [0.15, 0.2) is 0 Å². The van der Waals surface area contributed by atoms with Crippen LogP contribution in [0.1, 0.15) is 25.8 Å². The Morgan fingerprint density at radius 2 is 2.00 bits per heavy atom. The lowest BCUT2D eigenvalue weighted by molar-refractivity contribution is -0.147. The van der Waals surface area contributed by atoms with E-state index in [0.717, 1.165) is 9.87 Å². The van der Waals surface area contributed by atoms with Gasteiger partial charge in [-0.25, -0.2) is 8.42 Å². The number of alkyl halides is 1. The lowest BCUT2D eigenvalue weighted by Crippen LogP contribution is -2.48. The van der Waals surface area contributed by atoms with Gasteiger partial charge >= 0.3 is 5.97 Å². The van der Waals surface area contributed by atoms with Crippen molar-refractivity contribution in [2.75, 3.05) is 13.2 Å². The standard InChI is InChI=1S/C15H20ClNO4S/c1-4-21-14(18)13-15(3,16)9-10-17(13)22(19,20)12-7-5-11(2)6-8-12/h5-8,13H,4,9-10H2,1-3H3. The van der Waals surface area contributed by atoms with Crippen LogP contribution in [0, 0.1) is 6.92 Å². The molecule has 7 heteroatoms. The highest BCUT2D eigenvalue weighted by atomic mass is 35.5. The lowest BCUT2D eigenvalue weighted by atomic mass is 10.0. The quantitative estimate of drug-likeness (QED) is 0.620. The molecular formula is C15H20ClNO4S. The van der Waals surface area contributed by atoms with Crippen molar-refractivity contribution in [2.45, 2.75) is 43.0 Å².